The van der Waals surface area contributed by atoms with Crippen LogP contribution in [0.15, 0.2) is 24.4 Å². The van der Waals surface area contributed by atoms with E-state index in [1.807, 2.05) is 45.2 Å². The number of carbonyl (C=O) groups is 1. The SMILES string of the molecule is Cc1cccc2[nH]cc(C(=O)C(C)C)c12. The Balaban J connectivity index is 2.67. The normalized spacial score (nSPS) is 11.2. The summed E-state index contributed by atoms with van der Waals surface area (Å²) in [5.74, 6) is 0.249. The second-order valence-corrected chi connectivity index (χ2v) is 4.22. The van der Waals surface area contributed by atoms with Gasteiger partial charge in [0.2, 0.25) is 0 Å². The average Bonchev–Trinajstić information content (AvgIpc) is 2.61. The standard InChI is InChI=1S/C13H15NO/c1-8(2)13(15)10-7-14-11-6-4-5-9(3)12(10)11/h4-8,14H,1-3H3. The summed E-state index contributed by atoms with van der Waals surface area (Å²) in [5.41, 5.74) is 3.01. The fourth-order valence-corrected chi connectivity index (χ4v) is 1.87. The number of nitrogens with one attached hydrogen (secondary N) is 1. The molecule has 0 bridgehead atoms. The molecule has 0 saturated heterocycles. The Bertz CT molecular complexity index is 508. The molecule has 2 rings (SSSR count). The minimum Gasteiger partial charge on any atom is -0.360 e. The summed E-state index contributed by atoms with van der Waals surface area (Å²) < 4.78 is 0. The summed E-state index contributed by atoms with van der Waals surface area (Å²) in [7, 11) is 0. The monoisotopic (exact) mass is 201 g/mol. The van der Waals surface area contributed by atoms with Crippen LogP contribution in [0.25, 0.3) is 10.9 Å². The highest BCUT2D eigenvalue weighted by molar-refractivity contribution is 6.09. The van der Waals surface area contributed by atoms with Gasteiger partial charge < -0.3 is 4.98 Å². The van der Waals surface area contributed by atoms with Gasteiger partial charge in [-0.1, -0.05) is 26.0 Å². The van der Waals surface area contributed by atoms with E-state index in [0.29, 0.717) is 0 Å². The molecule has 15 heavy (non-hydrogen) atoms. The number of hydrogen-bond donors (Lipinski definition) is 1. The maximum atomic E-state index is 12.0. The maximum absolute atomic E-state index is 12.0. The fourth-order valence-electron chi connectivity index (χ4n) is 1.87. The lowest BCUT2D eigenvalue weighted by molar-refractivity contribution is 0.0941. The van der Waals surface area contributed by atoms with E-state index in [0.717, 1.165) is 22.0 Å². The summed E-state index contributed by atoms with van der Waals surface area (Å²) in [4.78, 5) is 15.1. The van der Waals surface area contributed by atoms with Gasteiger partial charge in [0.05, 0.1) is 0 Å². The van der Waals surface area contributed by atoms with Crippen LogP contribution in [0, 0.1) is 12.8 Å². The van der Waals surface area contributed by atoms with Crippen LogP contribution in [0.1, 0.15) is 29.8 Å². The number of H-pyrrole nitrogens is 1. The molecule has 2 aromatic rings. The van der Waals surface area contributed by atoms with Crippen molar-refractivity contribution in [3.63, 3.8) is 0 Å². The molecule has 78 valence electrons. The molecule has 0 atom stereocenters. The molecule has 0 aliphatic carbocycles. The second-order valence-electron chi connectivity index (χ2n) is 4.22. The van der Waals surface area contributed by atoms with Crippen LogP contribution >= 0.6 is 0 Å². The number of Topliss-reactive ketones (excluding diaryl/α,β-unsaturated/α-hetero) is 1. The maximum Gasteiger partial charge on any atom is 0.167 e. The van der Waals surface area contributed by atoms with Crippen molar-refractivity contribution in [2.45, 2.75) is 20.8 Å². The molecule has 0 spiro atoms. The lowest BCUT2D eigenvalue weighted by Gasteiger charge is -2.03. The molecule has 0 fully saturated rings. The summed E-state index contributed by atoms with van der Waals surface area (Å²) in [5, 5.41) is 1.07. The van der Waals surface area contributed by atoms with E-state index in [1.165, 1.54) is 0 Å². The minimum atomic E-state index is 0.0450. The first-order chi connectivity index (χ1) is 7.11. The molecular weight excluding hydrogens is 186 g/mol. The Labute approximate surface area is 89.3 Å². The first-order valence-electron chi connectivity index (χ1n) is 5.22. The zero-order valence-electron chi connectivity index (χ0n) is 9.29. The number of rotatable bonds is 2. The largest absolute Gasteiger partial charge is 0.360 e. The lowest BCUT2D eigenvalue weighted by Crippen LogP contribution is -2.06. The first kappa shape index (κ1) is 9.97. The van der Waals surface area contributed by atoms with Crippen molar-refractivity contribution in [2.75, 3.05) is 0 Å². The Morgan fingerprint density at radius 2 is 2.07 bits per heavy atom. The van der Waals surface area contributed by atoms with E-state index in [1.54, 1.807) is 0 Å². The van der Waals surface area contributed by atoms with Crippen LogP contribution in [0.2, 0.25) is 0 Å². The van der Waals surface area contributed by atoms with Crippen molar-refractivity contribution in [3.05, 3.63) is 35.5 Å². The Hall–Kier alpha value is -1.57. The summed E-state index contributed by atoms with van der Waals surface area (Å²) >= 11 is 0. The molecule has 0 saturated carbocycles. The average molecular weight is 201 g/mol. The fraction of sp³-hybridized carbons (Fsp3) is 0.308. The molecule has 1 N–H and O–H groups in total. The molecular formula is C13H15NO. The highest BCUT2D eigenvalue weighted by Crippen LogP contribution is 2.24. The predicted octanol–water partition coefficient (Wildman–Crippen LogP) is 3.32. The number of aromatic amines is 1. The molecule has 0 unspecified atom stereocenters. The molecule has 1 aromatic carbocycles. The Morgan fingerprint density at radius 3 is 2.73 bits per heavy atom. The van der Waals surface area contributed by atoms with Gasteiger partial charge in [-0.2, -0.15) is 0 Å². The third kappa shape index (κ3) is 1.56. The Kier molecular flexibility index (Phi) is 2.35. The zero-order chi connectivity index (χ0) is 11.0. The lowest BCUT2D eigenvalue weighted by atomic mass is 9.98. The molecule has 2 heteroatoms. The van der Waals surface area contributed by atoms with E-state index in [4.69, 9.17) is 0 Å². The molecule has 0 radical (unpaired) electrons. The van der Waals surface area contributed by atoms with Gasteiger partial charge in [0.15, 0.2) is 5.78 Å². The van der Waals surface area contributed by atoms with Crippen LogP contribution in [0.5, 0.6) is 0 Å². The van der Waals surface area contributed by atoms with Gasteiger partial charge in [0.25, 0.3) is 0 Å². The van der Waals surface area contributed by atoms with Gasteiger partial charge in [-0.15, -0.1) is 0 Å². The van der Waals surface area contributed by atoms with Crippen molar-refractivity contribution in [1.82, 2.24) is 4.98 Å². The summed E-state index contributed by atoms with van der Waals surface area (Å²) in [6.45, 7) is 5.90. The molecule has 0 amide bonds. The van der Waals surface area contributed by atoms with E-state index in [2.05, 4.69) is 4.98 Å². The number of aromatic nitrogens is 1. The molecule has 1 aromatic heterocycles. The third-order valence-corrected chi connectivity index (χ3v) is 2.70. The summed E-state index contributed by atoms with van der Waals surface area (Å²) in [6.07, 6.45) is 1.82. The van der Waals surface area contributed by atoms with E-state index < -0.39 is 0 Å². The first-order valence-corrected chi connectivity index (χ1v) is 5.22. The van der Waals surface area contributed by atoms with Gasteiger partial charge in [-0.3, -0.25) is 4.79 Å². The quantitative estimate of drug-likeness (QED) is 0.743. The van der Waals surface area contributed by atoms with Gasteiger partial charge in [-0.25, -0.2) is 0 Å². The minimum absolute atomic E-state index is 0.0450. The van der Waals surface area contributed by atoms with Gasteiger partial charge in [0, 0.05) is 28.6 Å². The van der Waals surface area contributed by atoms with Crippen LogP contribution in [-0.2, 0) is 0 Å². The van der Waals surface area contributed by atoms with Crippen LogP contribution in [0.3, 0.4) is 0 Å². The smallest absolute Gasteiger partial charge is 0.167 e. The van der Waals surface area contributed by atoms with Crippen molar-refractivity contribution in [2.24, 2.45) is 5.92 Å². The van der Waals surface area contributed by atoms with Gasteiger partial charge in [-0.05, 0) is 18.6 Å². The van der Waals surface area contributed by atoms with Crippen molar-refractivity contribution in [1.29, 1.82) is 0 Å². The molecule has 0 aliphatic heterocycles. The topological polar surface area (TPSA) is 32.9 Å². The zero-order valence-corrected chi connectivity index (χ0v) is 9.29. The van der Waals surface area contributed by atoms with Crippen LogP contribution in [-0.4, -0.2) is 10.8 Å². The second kappa shape index (κ2) is 3.54. The van der Waals surface area contributed by atoms with Gasteiger partial charge in [0.1, 0.15) is 0 Å². The number of benzene rings is 1. The highest BCUT2D eigenvalue weighted by Gasteiger charge is 2.15. The number of carbonyl (C=O) groups excluding carboxylic acids is 1. The number of fused-ring (bicyclic) bond motifs is 1. The van der Waals surface area contributed by atoms with E-state index in [9.17, 15) is 4.79 Å². The third-order valence-electron chi connectivity index (χ3n) is 2.70. The molecule has 0 aliphatic rings. The van der Waals surface area contributed by atoms with Gasteiger partial charge >= 0.3 is 0 Å². The predicted molar refractivity (Wildman–Crippen MR) is 62.2 cm³/mol. The van der Waals surface area contributed by atoms with E-state index in [-0.39, 0.29) is 11.7 Å². The highest BCUT2D eigenvalue weighted by atomic mass is 16.1. The van der Waals surface area contributed by atoms with Crippen molar-refractivity contribution in [3.8, 4) is 0 Å². The van der Waals surface area contributed by atoms with Crippen LogP contribution < -0.4 is 0 Å². The number of aryl methyl sites for hydroxylation is 1. The van der Waals surface area contributed by atoms with Crippen molar-refractivity contribution < 1.29 is 4.79 Å². The molecule has 1 heterocycles. The number of ketones is 1. The van der Waals surface area contributed by atoms with Crippen molar-refractivity contribution >= 4 is 16.7 Å². The van der Waals surface area contributed by atoms with Crippen LogP contribution in [0.4, 0.5) is 0 Å². The molecule has 2 nitrogen and oxygen atoms in total. The van der Waals surface area contributed by atoms with E-state index >= 15 is 0 Å². The summed E-state index contributed by atoms with van der Waals surface area (Å²) in [6, 6.07) is 6.03. The number of hydrogen-bond acceptors (Lipinski definition) is 1. The Morgan fingerprint density at radius 1 is 1.33 bits per heavy atom.